The molecule has 0 saturated carbocycles. The molecule has 0 aliphatic heterocycles. The van der Waals surface area contributed by atoms with E-state index in [9.17, 15) is 9.59 Å². The minimum Gasteiger partial charge on any atom is -0.357 e. The van der Waals surface area contributed by atoms with Crippen LogP contribution in [-0.2, 0) is 13.0 Å². The van der Waals surface area contributed by atoms with Crippen molar-refractivity contribution in [2.75, 3.05) is 33.2 Å². The lowest BCUT2D eigenvalue weighted by atomic mass is 10.1. The summed E-state index contributed by atoms with van der Waals surface area (Å²) in [4.78, 5) is 30.7. The van der Waals surface area contributed by atoms with E-state index in [2.05, 4.69) is 20.9 Å². The van der Waals surface area contributed by atoms with Gasteiger partial charge in [-0.3, -0.25) is 9.59 Å². The molecule has 180 valence electrons. The molecular weight excluding hydrogens is 529 g/mol. The zero-order valence-electron chi connectivity index (χ0n) is 20.0. The molecule has 3 N–H and O–H groups in total. The third-order valence-electron chi connectivity index (χ3n) is 5.14. The van der Waals surface area contributed by atoms with E-state index >= 15 is 0 Å². The topological polar surface area (TPSA) is 85.8 Å². The highest BCUT2D eigenvalue weighted by molar-refractivity contribution is 14.0. The molecule has 0 spiro atoms. The minimum atomic E-state index is -0.0838. The number of rotatable bonds is 10. The van der Waals surface area contributed by atoms with Crippen molar-refractivity contribution in [2.45, 2.75) is 33.7 Å². The summed E-state index contributed by atoms with van der Waals surface area (Å²) >= 11 is 0. The first kappa shape index (κ1) is 28.4. The maximum absolute atomic E-state index is 12.4. The molecule has 0 unspecified atom stereocenters. The Bertz CT molecular complexity index is 911. The molecule has 8 heteroatoms. The predicted molar refractivity (Wildman–Crippen MR) is 145 cm³/mol. The van der Waals surface area contributed by atoms with Crippen LogP contribution in [0.5, 0.6) is 0 Å². The summed E-state index contributed by atoms with van der Waals surface area (Å²) in [6.07, 6.45) is 0.775. The van der Waals surface area contributed by atoms with Crippen LogP contribution in [0.1, 0.15) is 52.6 Å². The lowest BCUT2D eigenvalue weighted by Crippen LogP contribution is -2.38. The Hall–Kier alpha value is -2.62. The molecule has 0 heterocycles. The van der Waals surface area contributed by atoms with Gasteiger partial charge < -0.3 is 20.9 Å². The van der Waals surface area contributed by atoms with Crippen LogP contribution in [0.2, 0.25) is 0 Å². The summed E-state index contributed by atoms with van der Waals surface area (Å²) in [6.45, 7) is 9.37. The number of amides is 2. The maximum atomic E-state index is 12.4. The van der Waals surface area contributed by atoms with Crippen LogP contribution in [0.3, 0.4) is 0 Å². The highest BCUT2D eigenvalue weighted by Gasteiger charge is 2.11. The van der Waals surface area contributed by atoms with Gasteiger partial charge in [0.25, 0.3) is 11.8 Å². The van der Waals surface area contributed by atoms with E-state index in [1.807, 2.05) is 74.2 Å². The summed E-state index contributed by atoms with van der Waals surface area (Å²) in [6, 6.07) is 15.3. The standard InChI is InChI=1S/C25H35N5O2.HI/c1-5-27-25(28-16-15-19-9-8-10-22(17-19)23(31)26-4)29-18-20-11-13-21(14-12-20)24(32)30(6-2)7-3;/h8-14,17H,5-7,15-16,18H2,1-4H3,(H,26,31)(H2,27,28,29);1H. The van der Waals surface area contributed by atoms with Crippen molar-refractivity contribution < 1.29 is 9.59 Å². The summed E-state index contributed by atoms with van der Waals surface area (Å²) in [7, 11) is 1.63. The molecule has 2 rings (SSSR count). The Labute approximate surface area is 214 Å². The quantitative estimate of drug-likeness (QED) is 0.234. The molecule has 0 atom stereocenters. The van der Waals surface area contributed by atoms with Crippen molar-refractivity contribution in [1.82, 2.24) is 20.9 Å². The number of benzene rings is 2. The third-order valence-corrected chi connectivity index (χ3v) is 5.14. The van der Waals surface area contributed by atoms with E-state index in [1.54, 1.807) is 7.05 Å². The number of nitrogens with one attached hydrogen (secondary N) is 3. The number of guanidine groups is 1. The number of aliphatic imine (C=N–C) groups is 1. The summed E-state index contributed by atoms with van der Waals surface area (Å²) in [5, 5.41) is 9.24. The van der Waals surface area contributed by atoms with Crippen LogP contribution < -0.4 is 16.0 Å². The van der Waals surface area contributed by atoms with Crippen molar-refractivity contribution in [1.29, 1.82) is 0 Å². The van der Waals surface area contributed by atoms with Crippen LogP contribution in [0.4, 0.5) is 0 Å². The predicted octanol–water partition coefficient (Wildman–Crippen LogP) is 3.44. The van der Waals surface area contributed by atoms with Crippen LogP contribution in [0.15, 0.2) is 53.5 Å². The fourth-order valence-corrected chi connectivity index (χ4v) is 3.30. The first-order chi connectivity index (χ1) is 15.5. The number of carbonyl (C=O) groups is 2. The second-order valence-electron chi connectivity index (χ2n) is 7.33. The Balaban J connectivity index is 0.00000544. The highest BCUT2D eigenvalue weighted by Crippen LogP contribution is 2.09. The zero-order chi connectivity index (χ0) is 23.3. The molecule has 7 nitrogen and oxygen atoms in total. The van der Waals surface area contributed by atoms with Gasteiger partial charge in [0.05, 0.1) is 6.54 Å². The minimum absolute atomic E-state index is 0. The van der Waals surface area contributed by atoms with Gasteiger partial charge >= 0.3 is 0 Å². The van der Waals surface area contributed by atoms with Crippen molar-refractivity contribution in [3.8, 4) is 0 Å². The average molecular weight is 566 g/mol. The number of hydrogen-bond acceptors (Lipinski definition) is 3. The number of nitrogens with zero attached hydrogens (tertiary/aromatic N) is 2. The highest BCUT2D eigenvalue weighted by atomic mass is 127. The first-order valence-electron chi connectivity index (χ1n) is 11.2. The van der Waals surface area contributed by atoms with Gasteiger partial charge in [0, 0.05) is 44.4 Å². The van der Waals surface area contributed by atoms with E-state index in [4.69, 9.17) is 0 Å². The van der Waals surface area contributed by atoms with E-state index in [0.29, 0.717) is 37.3 Å². The molecule has 2 aromatic carbocycles. The van der Waals surface area contributed by atoms with Crippen LogP contribution in [-0.4, -0.2) is 55.9 Å². The molecule has 0 radical (unpaired) electrons. The number of carbonyl (C=O) groups excluding carboxylic acids is 2. The van der Waals surface area contributed by atoms with Gasteiger partial charge in [0.1, 0.15) is 0 Å². The summed E-state index contributed by atoms with van der Waals surface area (Å²) in [5.41, 5.74) is 3.48. The van der Waals surface area contributed by atoms with Gasteiger partial charge in [-0.2, -0.15) is 0 Å². The molecule has 2 aromatic rings. The Morgan fingerprint density at radius 1 is 0.909 bits per heavy atom. The van der Waals surface area contributed by atoms with Crippen molar-refractivity contribution >= 4 is 41.8 Å². The SMILES string of the molecule is CCNC(=NCc1ccc(C(=O)N(CC)CC)cc1)NCCc1cccc(C(=O)NC)c1.I. The summed E-state index contributed by atoms with van der Waals surface area (Å²) < 4.78 is 0. The van der Waals surface area contributed by atoms with Crippen LogP contribution in [0, 0.1) is 0 Å². The van der Waals surface area contributed by atoms with Crippen molar-refractivity contribution in [3.05, 3.63) is 70.8 Å². The number of hydrogen-bond donors (Lipinski definition) is 3. The van der Waals surface area contributed by atoms with Gasteiger partial charge in [0.15, 0.2) is 5.96 Å². The molecular formula is C25H36IN5O2. The second-order valence-corrected chi connectivity index (χ2v) is 7.33. The first-order valence-corrected chi connectivity index (χ1v) is 11.2. The molecule has 33 heavy (non-hydrogen) atoms. The molecule has 0 bridgehead atoms. The molecule has 0 aliphatic carbocycles. The molecule has 0 aliphatic rings. The molecule has 0 saturated heterocycles. The fraction of sp³-hybridized carbons (Fsp3) is 0.400. The van der Waals surface area contributed by atoms with E-state index < -0.39 is 0 Å². The Morgan fingerprint density at radius 2 is 1.61 bits per heavy atom. The van der Waals surface area contributed by atoms with Crippen molar-refractivity contribution in [2.24, 2.45) is 4.99 Å². The van der Waals surface area contributed by atoms with Crippen LogP contribution >= 0.6 is 24.0 Å². The van der Waals surface area contributed by atoms with Gasteiger partial charge in [-0.15, -0.1) is 24.0 Å². The Kier molecular flexibility index (Phi) is 13.1. The lowest BCUT2D eigenvalue weighted by molar-refractivity contribution is 0.0772. The second kappa shape index (κ2) is 15.3. The fourth-order valence-electron chi connectivity index (χ4n) is 3.30. The van der Waals surface area contributed by atoms with Gasteiger partial charge in [-0.25, -0.2) is 4.99 Å². The lowest BCUT2D eigenvalue weighted by Gasteiger charge is -2.18. The number of halogens is 1. The van der Waals surface area contributed by atoms with E-state index in [-0.39, 0.29) is 35.8 Å². The maximum Gasteiger partial charge on any atom is 0.253 e. The smallest absolute Gasteiger partial charge is 0.253 e. The molecule has 2 amide bonds. The average Bonchev–Trinajstić information content (AvgIpc) is 2.83. The van der Waals surface area contributed by atoms with E-state index in [0.717, 1.165) is 30.1 Å². The molecule has 0 aromatic heterocycles. The normalized spacial score (nSPS) is 10.7. The van der Waals surface area contributed by atoms with Crippen LogP contribution in [0.25, 0.3) is 0 Å². The largest absolute Gasteiger partial charge is 0.357 e. The Morgan fingerprint density at radius 3 is 2.21 bits per heavy atom. The van der Waals surface area contributed by atoms with Gasteiger partial charge in [0.2, 0.25) is 0 Å². The van der Waals surface area contributed by atoms with E-state index in [1.165, 1.54) is 0 Å². The van der Waals surface area contributed by atoms with Gasteiger partial charge in [-0.1, -0.05) is 24.3 Å². The summed E-state index contributed by atoms with van der Waals surface area (Å²) in [5.74, 6) is 0.707. The third kappa shape index (κ3) is 9.03. The monoisotopic (exact) mass is 565 g/mol. The zero-order valence-corrected chi connectivity index (χ0v) is 22.3. The molecule has 0 fully saturated rings. The van der Waals surface area contributed by atoms with Gasteiger partial charge in [-0.05, 0) is 62.6 Å². The van der Waals surface area contributed by atoms with Crippen molar-refractivity contribution in [3.63, 3.8) is 0 Å².